The number of ether oxygens (including phenoxy) is 3. The van der Waals surface area contributed by atoms with E-state index in [0.717, 1.165) is 16.6 Å². The van der Waals surface area contributed by atoms with E-state index in [-0.39, 0.29) is 19.0 Å². The maximum Gasteiger partial charge on any atom is 0.508 e. The number of aromatic nitrogens is 3. The normalized spacial score (nSPS) is 24.5. The zero-order chi connectivity index (χ0) is 19.4. The summed E-state index contributed by atoms with van der Waals surface area (Å²) in [7, 11) is 0. The average Bonchev–Trinajstić information content (AvgIpc) is 3.26. The fourth-order valence-corrected chi connectivity index (χ4v) is 2.50. The lowest BCUT2D eigenvalue weighted by Crippen LogP contribution is -2.34. The molecule has 3 rings (SSSR count). The Labute approximate surface area is 153 Å². The van der Waals surface area contributed by atoms with E-state index < -0.39 is 36.6 Å². The Morgan fingerprint density at radius 2 is 1.93 bits per heavy atom. The molecule has 1 aliphatic rings. The number of carbonyl (C=O) groups excluding carboxylic acids is 2. The SMILES string of the molecule is NC(=O)c1ncn([C@@H]2OC(COC(=O)OCc3ccccc3)C(O)C2O)n1. The Hall–Kier alpha value is -3.02. The zero-order valence-corrected chi connectivity index (χ0v) is 14.0. The van der Waals surface area contributed by atoms with Crippen LogP contribution in [-0.4, -0.2) is 62.0 Å². The number of aliphatic hydroxyl groups is 2. The summed E-state index contributed by atoms with van der Waals surface area (Å²) in [6.45, 7) is -0.312. The number of primary amides is 1. The minimum atomic E-state index is -1.37. The van der Waals surface area contributed by atoms with Gasteiger partial charge in [-0.15, -0.1) is 5.10 Å². The number of hydrogen-bond donors (Lipinski definition) is 3. The van der Waals surface area contributed by atoms with Crippen LogP contribution in [-0.2, 0) is 20.8 Å². The van der Waals surface area contributed by atoms with E-state index in [1.165, 1.54) is 0 Å². The highest BCUT2D eigenvalue weighted by atomic mass is 16.7. The van der Waals surface area contributed by atoms with Crippen molar-refractivity contribution in [3.05, 3.63) is 48.0 Å². The first-order valence-corrected chi connectivity index (χ1v) is 8.01. The first-order chi connectivity index (χ1) is 13.0. The van der Waals surface area contributed by atoms with Crippen LogP contribution in [0.25, 0.3) is 0 Å². The van der Waals surface area contributed by atoms with Gasteiger partial charge in [-0.2, -0.15) is 0 Å². The summed E-state index contributed by atoms with van der Waals surface area (Å²) in [5.74, 6) is -1.10. The van der Waals surface area contributed by atoms with Crippen LogP contribution in [0.3, 0.4) is 0 Å². The third kappa shape index (κ3) is 4.39. The lowest BCUT2D eigenvalue weighted by Gasteiger charge is -2.14. The third-order valence-electron chi connectivity index (χ3n) is 3.89. The van der Waals surface area contributed by atoms with E-state index in [4.69, 9.17) is 19.9 Å². The van der Waals surface area contributed by atoms with Gasteiger partial charge in [-0.3, -0.25) is 4.79 Å². The Kier molecular flexibility index (Phi) is 5.64. The van der Waals surface area contributed by atoms with Crippen molar-refractivity contribution in [3.63, 3.8) is 0 Å². The molecule has 0 bridgehead atoms. The van der Waals surface area contributed by atoms with E-state index in [2.05, 4.69) is 10.1 Å². The van der Waals surface area contributed by atoms with E-state index in [9.17, 15) is 19.8 Å². The van der Waals surface area contributed by atoms with Crippen molar-refractivity contribution in [1.29, 1.82) is 0 Å². The van der Waals surface area contributed by atoms with Crippen LogP contribution in [0.15, 0.2) is 36.7 Å². The Bertz CT molecular complexity index is 797. The predicted octanol–water partition coefficient (Wildman–Crippen LogP) is -0.650. The van der Waals surface area contributed by atoms with E-state index in [0.29, 0.717) is 0 Å². The number of carbonyl (C=O) groups is 2. The Morgan fingerprint density at radius 1 is 1.19 bits per heavy atom. The number of nitrogens with zero attached hydrogens (tertiary/aromatic N) is 3. The van der Waals surface area contributed by atoms with Crippen LogP contribution in [0.2, 0.25) is 0 Å². The second kappa shape index (κ2) is 8.12. The first-order valence-electron chi connectivity index (χ1n) is 8.01. The molecule has 4 atom stereocenters. The van der Waals surface area contributed by atoms with Gasteiger partial charge >= 0.3 is 6.16 Å². The summed E-state index contributed by atoms with van der Waals surface area (Å²) in [5, 5.41) is 23.9. The summed E-state index contributed by atoms with van der Waals surface area (Å²) in [6.07, 6.45) is -4.66. The number of nitrogens with two attached hydrogens (primary N) is 1. The third-order valence-corrected chi connectivity index (χ3v) is 3.89. The Balaban J connectivity index is 1.51. The second-order valence-corrected chi connectivity index (χ2v) is 5.79. The van der Waals surface area contributed by atoms with E-state index in [1.807, 2.05) is 18.2 Å². The molecule has 1 fully saturated rings. The van der Waals surface area contributed by atoms with Gasteiger partial charge in [0.1, 0.15) is 37.9 Å². The molecule has 0 spiro atoms. The Morgan fingerprint density at radius 3 is 2.59 bits per heavy atom. The van der Waals surface area contributed by atoms with Crippen molar-refractivity contribution >= 4 is 12.1 Å². The van der Waals surface area contributed by atoms with Crippen LogP contribution in [0.1, 0.15) is 22.4 Å². The summed E-state index contributed by atoms with van der Waals surface area (Å²) in [4.78, 5) is 26.4. The van der Waals surface area contributed by atoms with Crippen molar-refractivity contribution in [2.45, 2.75) is 31.1 Å². The van der Waals surface area contributed by atoms with Crippen LogP contribution < -0.4 is 5.73 Å². The maximum absolute atomic E-state index is 11.7. The standard InChI is InChI=1S/C16H18N4O7/c17-13(23)14-18-8-20(19-14)15-12(22)11(21)10(27-15)7-26-16(24)25-6-9-4-2-1-3-5-9/h1-5,8,10-12,15,21-22H,6-7H2,(H2,17,23)/t10?,11?,12?,15-/m1/s1. The lowest BCUT2D eigenvalue weighted by atomic mass is 10.1. The molecule has 1 aromatic carbocycles. The molecule has 11 nitrogen and oxygen atoms in total. The van der Waals surface area contributed by atoms with Crippen molar-refractivity contribution in [2.24, 2.45) is 5.73 Å². The average molecular weight is 378 g/mol. The summed E-state index contributed by atoms with van der Waals surface area (Å²) >= 11 is 0. The molecule has 1 saturated heterocycles. The van der Waals surface area contributed by atoms with Gasteiger partial charge in [0.25, 0.3) is 5.91 Å². The van der Waals surface area contributed by atoms with Crippen molar-refractivity contribution in [1.82, 2.24) is 14.8 Å². The summed E-state index contributed by atoms with van der Waals surface area (Å²) in [6, 6.07) is 9.03. The molecule has 0 radical (unpaired) electrons. The van der Waals surface area contributed by atoms with Crippen molar-refractivity contribution < 1.29 is 34.0 Å². The first kappa shape index (κ1) is 18.8. The van der Waals surface area contributed by atoms with E-state index >= 15 is 0 Å². The van der Waals surface area contributed by atoms with Gasteiger partial charge < -0.3 is 30.2 Å². The number of benzene rings is 1. The molecule has 1 aromatic heterocycles. The fraction of sp³-hybridized carbons (Fsp3) is 0.375. The molecule has 2 heterocycles. The van der Waals surface area contributed by atoms with Gasteiger partial charge in [-0.25, -0.2) is 14.5 Å². The molecule has 144 valence electrons. The quantitative estimate of drug-likeness (QED) is 0.555. The molecule has 2 aromatic rings. The molecule has 1 amide bonds. The van der Waals surface area contributed by atoms with Gasteiger partial charge in [0.15, 0.2) is 6.23 Å². The van der Waals surface area contributed by atoms with Crippen LogP contribution in [0.5, 0.6) is 0 Å². The number of aliphatic hydroxyl groups excluding tert-OH is 2. The molecule has 1 aliphatic heterocycles. The van der Waals surface area contributed by atoms with Gasteiger partial charge in [0, 0.05) is 0 Å². The molecule has 0 saturated carbocycles. The van der Waals surface area contributed by atoms with Crippen LogP contribution >= 0.6 is 0 Å². The largest absolute Gasteiger partial charge is 0.508 e. The predicted molar refractivity (Wildman–Crippen MR) is 87.0 cm³/mol. The monoisotopic (exact) mass is 378 g/mol. The van der Waals surface area contributed by atoms with Crippen molar-refractivity contribution in [3.8, 4) is 0 Å². The fourth-order valence-electron chi connectivity index (χ4n) is 2.50. The lowest BCUT2D eigenvalue weighted by molar-refractivity contribution is -0.0678. The van der Waals surface area contributed by atoms with Gasteiger partial charge in [0.2, 0.25) is 5.82 Å². The second-order valence-electron chi connectivity index (χ2n) is 5.79. The number of rotatable bonds is 6. The van der Waals surface area contributed by atoms with Crippen molar-refractivity contribution in [2.75, 3.05) is 6.61 Å². The minimum Gasteiger partial charge on any atom is -0.431 e. The number of amides is 1. The summed E-state index contributed by atoms with van der Waals surface area (Å²) in [5.41, 5.74) is 5.86. The highest BCUT2D eigenvalue weighted by molar-refractivity contribution is 5.88. The van der Waals surface area contributed by atoms with Crippen LogP contribution in [0.4, 0.5) is 4.79 Å². The number of hydrogen-bond acceptors (Lipinski definition) is 9. The topological polar surface area (TPSA) is 159 Å². The highest BCUT2D eigenvalue weighted by Gasteiger charge is 2.45. The van der Waals surface area contributed by atoms with Gasteiger partial charge in [-0.05, 0) is 5.56 Å². The molecule has 3 unspecified atom stereocenters. The summed E-state index contributed by atoms with van der Waals surface area (Å²) < 4.78 is 16.4. The molecule has 27 heavy (non-hydrogen) atoms. The maximum atomic E-state index is 11.7. The zero-order valence-electron chi connectivity index (χ0n) is 14.0. The smallest absolute Gasteiger partial charge is 0.431 e. The molecular weight excluding hydrogens is 360 g/mol. The van der Waals surface area contributed by atoms with Crippen LogP contribution in [0, 0.1) is 0 Å². The molecule has 11 heteroatoms. The minimum absolute atomic E-state index is 0.0356. The van der Waals surface area contributed by atoms with E-state index in [1.54, 1.807) is 12.1 Å². The molecule has 0 aliphatic carbocycles. The van der Waals surface area contributed by atoms with Gasteiger partial charge in [-0.1, -0.05) is 30.3 Å². The molecular formula is C16H18N4O7. The highest BCUT2D eigenvalue weighted by Crippen LogP contribution is 2.29. The molecule has 4 N–H and O–H groups in total. The van der Waals surface area contributed by atoms with Gasteiger partial charge in [0.05, 0.1) is 0 Å².